The number of amides is 1. The number of carbonyl (C=O) groups is 1. The highest BCUT2D eigenvalue weighted by molar-refractivity contribution is 5.95. The van der Waals surface area contributed by atoms with Crippen molar-refractivity contribution in [1.82, 2.24) is 25.4 Å². The van der Waals surface area contributed by atoms with Gasteiger partial charge in [-0.3, -0.25) is 14.9 Å². The molecule has 1 aliphatic rings. The van der Waals surface area contributed by atoms with Gasteiger partial charge in [0, 0.05) is 24.2 Å². The molecule has 1 fully saturated rings. The Morgan fingerprint density at radius 1 is 1.52 bits per heavy atom. The lowest BCUT2D eigenvalue weighted by Gasteiger charge is -2.11. The van der Waals surface area contributed by atoms with Gasteiger partial charge < -0.3 is 10.6 Å². The maximum atomic E-state index is 12.2. The minimum atomic E-state index is -0.535. The number of hydrogen-bond donors (Lipinski definition) is 2. The Hall–Kier alpha value is -2.81. The zero-order valence-electron chi connectivity index (χ0n) is 12.3. The second-order valence-electron chi connectivity index (χ2n) is 5.30. The molecule has 1 atom stereocenters. The number of nitro benzene ring substituents is 1. The molecule has 1 saturated heterocycles. The number of carbonyl (C=O) groups excluding carboxylic acids is 1. The van der Waals surface area contributed by atoms with E-state index in [1.165, 1.54) is 29.5 Å². The molecule has 3 rings (SSSR count). The van der Waals surface area contributed by atoms with Crippen molar-refractivity contribution < 1.29 is 9.72 Å². The molecule has 1 aromatic heterocycles. The normalized spacial score (nSPS) is 17.1. The minimum absolute atomic E-state index is 0.192. The lowest BCUT2D eigenvalue weighted by Crippen LogP contribution is -2.37. The molecule has 9 nitrogen and oxygen atoms in total. The average Bonchev–Trinajstić information content (AvgIpc) is 3.25. The first kappa shape index (κ1) is 15.1. The Bertz CT molecular complexity index is 709. The van der Waals surface area contributed by atoms with Crippen LogP contribution >= 0.6 is 0 Å². The molecular formula is C14H16N6O3. The van der Waals surface area contributed by atoms with E-state index in [1.807, 2.05) is 0 Å². The van der Waals surface area contributed by atoms with Crippen LogP contribution in [0.2, 0.25) is 0 Å². The van der Waals surface area contributed by atoms with Gasteiger partial charge in [0.2, 0.25) is 0 Å². The first-order chi connectivity index (χ1) is 11.1. The summed E-state index contributed by atoms with van der Waals surface area (Å²) in [6, 6.07) is 4.56. The summed E-state index contributed by atoms with van der Waals surface area (Å²) < 4.78 is 1.29. The van der Waals surface area contributed by atoms with Gasteiger partial charge in [0.15, 0.2) is 0 Å². The number of aromatic nitrogens is 3. The summed E-state index contributed by atoms with van der Waals surface area (Å²) in [5, 5.41) is 21.2. The minimum Gasteiger partial charge on any atom is -0.350 e. The Kier molecular flexibility index (Phi) is 4.29. The van der Waals surface area contributed by atoms with E-state index in [0.29, 0.717) is 6.54 Å². The third-order valence-corrected chi connectivity index (χ3v) is 3.77. The molecule has 0 radical (unpaired) electrons. The molecule has 120 valence electrons. The second kappa shape index (κ2) is 6.53. The summed E-state index contributed by atoms with van der Waals surface area (Å²) in [5.41, 5.74) is 0.321. The summed E-state index contributed by atoms with van der Waals surface area (Å²) in [6.07, 6.45) is 4.77. The van der Waals surface area contributed by atoms with Crippen molar-refractivity contribution in [2.45, 2.75) is 18.9 Å². The molecule has 0 saturated carbocycles. The first-order valence-corrected chi connectivity index (χ1v) is 7.30. The smallest absolute Gasteiger partial charge is 0.295 e. The van der Waals surface area contributed by atoms with Crippen LogP contribution in [0.15, 0.2) is 30.9 Å². The van der Waals surface area contributed by atoms with Crippen LogP contribution < -0.4 is 10.6 Å². The predicted octanol–water partition coefficient (Wildman–Crippen LogP) is 0.657. The average molecular weight is 316 g/mol. The van der Waals surface area contributed by atoms with E-state index in [4.69, 9.17) is 0 Å². The SMILES string of the molecule is O=C(NCC1CCCN1)c1ccc(-n2cncn2)c([N+](=O)[O-])c1. The molecule has 0 aliphatic carbocycles. The molecule has 1 unspecified atom stereocenters. The highest BCUT2D eigenvalue weighted by atomic mass is 16.6. The van der Waals surface area contributed by atoms with Gasteiger partial charge in [-0.15, -0.1) is 0 Å². The topological polar surface area (TPSA) is 115 Å². The first-order valence-electron chi connectivity index (χ1n) is 7.30. The summed E-state index contributed by atoms with van der Waals surface area (Å²) in [4.78, 5) is 26.7. The van der Waals surface area contributed by atoms with Crippen molar-refractivity contribution in [1.29, 1.82) is 0 Å². The van der Waals surface area contributed by atoms with E-state index in [9.17, 15) is 14.9 Å². The van der Waals surface area contributed by atoms with E-state index in [-0.39, 0.29) is 28.9 Å². The number of rotatable bonds is 5. The number of nitro groups is 1. The van der Waals surface area contributed by atoms with E-state index in [2.05, 4.69) is 20.7 Å². The molecule has 0 spiro atoms. The zero-order chi connectivity index (χ0) is 16.2. The standard InChI is InChI=1S/C14H16N6O3/c21-14(17-7-11-2-1-5-16-11)10-3-4-12(13(6-10)20(22)23)19-9-15-8-18-19/h3-4,6,8-9,11,16H,1-2,5,7H2,(H,17,21). The third-order valence-electron chi connectivity index (χ3n) is 3.77. The van der Waals surface area contributed by atoms with Crippen molar-refractivity contribution in [3.8, 4) is 5.69 Å². The van der Waals surface area contributed by atoms with E-state index < -0.39 is 4.92 Å². The number of nitrogens with one attached hydrogen (secondary N) is 2. The predicted molar refractivity (Wildman–Crippen MR) is 81.4 cm³/mol. The maximum absolute atomic E-state index is 12.2. The Morgan fingerprint density at radius 2 is 2.39 bits per heavy atom. The molecular weight excluding hydrogens is 300 g/mol. The van der Waals surface area contributed by atoms with Crippen LogP contribution in [-0.4, -0.2) is 44.7 Å². The van der Waals surface area contributed by atoms with Gasteiger partial charge in [-0.1, -0.05) is 0 Å². The van der Waals surface area contributed by atoms with Crippen molar-refractivity contribution in [2.24, 2.45) is 0 Å². The molecule has 1 amide bonds. The Labute approximate surface area is 131 Å². The molecule has 2 heterocycles. The van der Waals surface area contributed by atoms with E-state index in [1.54, 1.807) is 6.07 Å². The summed E-state index contributed by atoms with van der Waals surface area (Å²) in [7, 11) is 0. The summed E-state index contributed by atoms with van der Waals surface area (Å²) in [5.74, 6) is -0.327. The fourth-order valence-corrected chi connectivity index (χ4v) is 2.59. The van der Waals surface area contributed by atoms with E-state index in [0.717, 1.165) is 19.4 Å². The van der Waals surface area contributed by atoms with Crippen molar-refractivity contribution in [2.75, 3.05) is 13.1 Å². The molecule has 2 aromatic rings. The van der Waals surface area contributed by atoms with Gasteiger partial charge in [0.1, 0.15) is 18.3 Å². The van der Waals surface area contributed by atoms with Crippen LogP contribution in [0, 0.1) is 10.1 Å². The second-order valence-corrected chi connectivity index (χ2v) is 5.30. The molecule has 1 aliphatic heterocycles. The number of hydrogen-bond acceptors (Lipinski definition) is 6. The van der Waals surface area contributed by atoms with Crippen LogP contribution in [0.5, 0.6) is 0 Å². The largest absolute Gasteiger partial charge is 0.350 e. The molecule has 2 N–H and O–H groups in total. The van der Waals surface area contributed by atoms with Gasteiger partial charge in [-0.2, -0.15) is 5.10 Å². The summed E-state index contributed by atoms with van der Waals surface area (Å²) >= 11 is 0. The van der Waals surface area contributed by atoms with Crippen LogP contribution in [-0.2, 0) is 0 Å². The highest BCUT2D eigenvalue weighted by Gasteiger charge is 2.20. The van der Waals surface area contributed by atoms with Gasteiger partial charge in [-0.05, 0) is 31.5 Å². The quantitative estimate of drug-likeness (QED) is 0.618. The van der Waals surface area contributed by atoms with Crippen LogP contribution in [0.1, 0.15) is 23.2 Å². The van der Waals surface area contributed by atoms with Gasteiger partial charge in [0.05, 0.1) is 4.92 Å². The number of benzene rings is 1. The lowest BCUT2D eigenvalue weighted by molar-refractivity contribution is -0.384. The summed E-state index contributed by atoms with van der Waals surface area (Å²) in [6.45, 7) is 1.47. The fraction of sp³-hybridized carbons (Fsp3) is 0.357. The van der Waals surface area contributed by atoms with Gasteiger partial charge >= 0.3 is 0 Å². The Balaban J connectivity index is 1.78. The van der Waals surface area contributed by atoms with Crippen molar-refractivity contribution in [3.05, 3.63) is 46.5 Å². The van der Waals surface area contributed by atoms with Gasteiger partial charge in [-0.25, -0.2) is 9.67 Å². The van der Waals surface area contributed by atoms with Crippen LogP contribution in [0.4, 0.5) is 5.69 Å². The third kappa shape index (κ3) is 3.34. The Morgan fingerprint density at radius 3 is 3.04 bits per heavy atom. The van der Waals surface area contributed by atoms with Crippen molar-refractivity contribution in [3.63, 3.8) is 0 Å². The molecule has 1 aromatic carbocycles. The monoisotopic (exact) mass is 316 g/mol. The van der Waals surface area contributed by atoms with Crippen LogP contribution in [0.3, 0.4) is 0 Å². The molecule has 0 bridgehead atoms. The zero-order valence-corrected chi connectivity index (χ0v) is 12.3. The molecule has 23 heavy (non-hydrogen) atoms. The fourth-order valence-electron chi connectivity index (χ4n) is 2.59. The van der Waals surface area contributed by atoms with Crippen molar-refractivity contribution >= 4 is 11.6 Å². The van der Waals surface area contributed by atoms with Gasteiger partial charge in [0.25, 0.3) is 11.6 Å². The van der Waals surface area contributed by atoms with E-state index >= 15 is 0 Å². The lowest BCUT2D eigenvalue weighted by atomic mass is 10.1. The number of nitrogens with zero attached hydrogens (tertiary/aromatic N) is 4. The highest BCUT2D eigenvalue weighted by Crippen LogP contribution is 2.23. The van der Waals surface area contributed by atoms with Crippen LogP contribution in [0.25, 0.3) is 5.69 Å². The maximum Gasteiger partial charge on any atom is 0.295 e. The molecule has 9 heteroatoms.